The maximum Gasteiger partial charge on any atom is 0.310 e. The van der Waals surface area contributed by atoms with Crippen LogP contribution >= 0.6 is 11.8 Å². The number of aliphatic hydroxyl groups excluding tert-OH is 1. The molecule has 1 aromatic rings. The Labute approximate surface area is 104 Å². The minimum atomic E-state index is -0.469. The molecule has 0 spiro atoms. The molecule has 0 heterocycles. The van der Waals surface area contributed by atoms with Gasteiger partial charge >= 0.3 is 5.69 Å². The van der Waals surface area contributed by atoms with Gasteiger partial charge in [-0.2, -0.15) is 0 Å². The maximum absolute atomic E-state index is 10.7. The lowest BCUT2D eigenvalue weighted by atomic mass is 10.2. The molecule has 1 aromatic carbocycles. The van der Waals surface area contributed by atoms with E-state index in [9.17, 15) is 10.1 Å². The summed E-state index contributed by atoms with van der Waals surface area (Å²) in [6.45, 7) is 2.08. The minimum Gasteiger partial charge on any atom is -0.490 e. The molecule has 0 amide bonds. The van der Waals surface area contributed by atoms with Crippen molar-refractivity contribution >= 4 is 17.4 Å². The van der Waals surface area contributed by atoms with Crippen LogP contribution in [0, 0.1) is 16.0 Å². The largest absolute Gasteiger partial charge is 0.490 e. The fourth-order valence-corrected chi connectivity index (χ4v) is 2.13. The molecule has 0 bridgehead atoms. The molecular formula is C11H15NO4S. The van der Waals surface area contributed by atoms with Gasteiger partial charge in [0.25, 0.3) is 0 Å². The van der Waals surface area contributed by atoms with Crippen LogP contribution in [0.4, 0.5) is 5.69 Å². The summed E-state index contributed by atoms with van der Waals surface area (Å²) in [5.74, 6) is 1.22. The number of thioether (sulfide) groups is 1. The molecule has 5 nitrogen and oxygen atoms in total. The van der Waals surface area contributed by atoms with E-state index in [-0.39, 0.29) is 24.0 Å². The number of nitro groups is 1. The normalized spacial score (nSPS) is 12.2. The summed E-state index contributed by atoms with van der Waals surface area (Å²) in [5, 5.41) is 19.6. The number of methoxy groups -OCH3 is 1. The predicted molar refractivity (Wildman–Crippen MR) is 66.6 cm³/mol. The summed E-state index contributed by atoms with van der Waals surface area (Å²) in [4.78, 5) is 11.1. The molecule has 0 aliphatic carbocycles. The average molecular weight is 257 g/mol. The summed E-state index contributed by atoms with van der Waals surface area (Å²) >= 11 is 1.54. The number of nitro benzene ring substituents is 1. The zero-order valence-corrected chi connectivity index (χ0v) is 10.6. The molecule has 17 heavy (non-hydrogen) atoms. The lowest BCUT2D eigenvalue weighted by molar-refractivity contribution is -0.385. The maximum atomic E-state index is 10.7. The van der Waals surface area contributed by atoms with Gasteiger partial charge in [-0.1, -0.05) is 6.92 Å². The number of hydrogen-bond acceptors (Lipinski definition) is 5. The van der Waals surface area contributed by atoms with E-state index in [2.05, 4.69) is 0 Å². The smallest absolute Gasteiger partial charge is 0.310 e. The van der Waals surface area contributed by atoms with E-state index in [0.717, 1.165) is 10.6 Å². The third-order valence-electron chi connectivity index (χ3n) is 2.19. The Morgan fingerprint density at radius 2 is 2.29 bits per heavy atom. The van der Waals surface area contributed by atoms with Crippen molar-refractivity contribution in [1.82, 2.24) is 0 Å². The molecule has 94 valence electrons. The summed E-state index contributed by atoms with van der Waals surface area (Å²) < 4.78 is 4.98. The molecule has 1 atom stereocenters. The molecule has 0 saturated carbocycles. The SMILES string of the molecule is COc1cc(SCC(C)CO)ccc1[N+](=O)[O-]. The lowest BCUT2D eigenvalue weighted by Crippen LogP contribution is -2.03. The van der Waals surface area contributed by atoms with Gasteiger partial charge in [-0.3, -0.25) is 10.1 Å². The van der Waals surface area contributed by atoms with Gasteiger partial charge in [0.1, 0.15) is 0 Å². The topological polar surface area (TPSA) is 72.6 Å². The molecule has 0 radical (unpaired) electrons. The fourth-order valence-electron chi connectivity index (χ4n) is 1.19. The average Bonchev–Trinajstić information content (AvgIpc) is 2.35. The van der Waals surface area contributed by atoms with Crippen LogP contribution in [-0.2, 0) is 0 Å². The van der Waals surface area contributed by atoms with Gasteiger partial charge < -0.3 is 9.84 Å². The Kier molecular flexibility index (Phi) is 5.24. The van der Waals surface area contributed by atoms with Crippen LogP contribution in [0.2, 0.25) is 0 Å². The first-order valence-corrected chi connectivity index (χ1v) is 6.13. The van der Waals surface area contributed by atoms with Crippen molar-refractivity contribution in [2.75, 3.05) is 19.5 Å². The van der Waals surface area contributed by atoms with Crippen LogP contribution in [0.15, 0.2) is 23.1 Å². The van der Waals surface area contributed by atoms with E-state index in [1.54, 1.807) is 23.9 Å². The van der Waals surface area contributed by atoms with Crippen LogP contribution < -0.4 is 4.74 Å². The van der Waals surface area contributed by atoms with Gasteiger partial charge in [-0.15, -0.1) is 11.8 Å². The molecule has 0 fully saturated rings. The number of aliphatic hydroxyl groups is 1. The second-order valence-electron chi connectivity index (χ2n) is 3.69. The van der Waals surface area contributed by atoms with Crippen molar-refractivity contribution in [3.8, 4) is 5.75 Å². The van der Waals surface area contributed by atoms with Crippen molar-refractivity contribution < 1.29 is 14.8 Å². The molecule has 1 N–H and O–H groups in total. The van der Waals surface area contributed by atoms with E-state index in [1.807, 2.05) is 6.92 Å². The zero-order chi connectivity index (χ0) is 12.8. The van der Waals surface area contributed by atoms with E-state index < -0.39 is 4.92 Å². The van der Waals surface area contributed by atoms with Crippen molar-refractivity contribution in [3.05, 3.63) is 28.3 Å². The van der Waals surface area contributed by atoms with Crippen LogP contribution in [0.5, 0.6) is 5.75 Å². The molecule has 1 rings (SSSR count). The highest BCUT2D eigenvalue weighted by Gasteiger charge is 2.15. The minimum absolute atomic E-state index is 0.0351. The van der Waals surface area contributed by atoms with E-state index in [1.165, 1.54) is 13.2 Å². The van der Waals surface area contributed by atoms with Crippen LogP contribution in [0.3, 0.4) is 0 Å². The zero-order valence-electron chi connectivity index (χ0n) is 9.75. The van der Waals surface area contributed by atoms with E-state index >= 15 is 0 Å². The standard InChI is InChI=1S/C11H15NO4S/c1-8(6-13)7-17-9-3-4-10(12(14)15)11(5-9)16-2/h3-5,8,13H,6-7H2,1-2H3. The first-order chi connectivity index (χ1) is 8.08. The first-order valence-electron chi connectivity index (χ1n) is 5.14. The third kappa shape index (κ3) is 3.90. The molecule has 0 aromatic heterocycles. The number of rotatable bonds is 6. The molecule has 0 saturated heterocycles. The van der Waals surface area contributed by atoms with E-state index in [0.29, 0.717) is 0 Å². The Morgan fingerprint density at radius 3 is 2.82 bits per heavy atom. The molecule has 0 aliphatic heterocycles. The molecule has 0 aliphatic rings. The number of ether oxygens (including phenoxy) is 1. The fraction of sp³-hybridized carbons (Fsp3) is 0.455. The Balaban J connectivity index is 2.79. The second-order valence-corrected chi connectivity index (χ2v) is 4.78. The van der Waals surface area contributed by atoms with Gasteiger partial charge in [0.05, 0.1) is 12.0 Å². The molecule has 1 unspecified atom stereocenters. The third-order valence-corrected chi connectivity index (χ3v) is 3.52. The van der Waals surface area contributed by atoms with Crippen LogP contribution in [0.1, 0.15) is 6.92 Å². The Hall–Kier alpha value is -1.27. The molecule has 6 heteroatoms. The first kappa shape index (κ1) is 13.8. The van der Waals surface area contributed by atoms with Gasteiger partial charge in [0.2, 0.25) is 0 Å². The van der Waals surface area contributed by atoms with Crippen LogP contribution in [0.25, 0.3) is 0 Å². The van der Waals surface area contributed by atoms with Crippen LogP contribution in [-0.4, -0.2) is 29.5 Å². The highest BCUT2D eigenvalue weighted by atomic mass is 32.2. The van der Waals surface area contributed by atoms with Gasteiger partial charge in [0.15, 0.2) is 5.75 Å². The summed E-state index contributed by atoms with van der Waals surface area (Å²) in [6, 6.07) is 4.77. The highest BCUT2D eigenvalue weighted by Crippen LogP contribution is 2.32. The molecular weight excluding hydrogens is 242 g/mol. The van der Waals surface area contributed by atoms with Crippen molar-refractivity contribution in [1.29, 1.82) is 0 Å². The summed E-state index contributed by atoms with van der Waals surface area (Å²) in [7, 11) is 1.41. The highest BCUT2D eigenvalue weighted by molar-refractivity contribution is 7.99. The summed E-state index contributed by atoms with van der Waals surface area (Å²) in [5.41, 5.74) is -0.0351. The second kappa shape index (κ2) is 6.46. The number of nitrogens with zero attached hydrogens (tertiary/aromatic N) is 1. The van der Waals surface area contributed by atoms with Gasteiger partial charge in [-0.25, -0.2) is 0 Å². The van der Waals surface area contributed by atoms with Crippen molar-refractivity contribution in [2.24, 2.45) is 5.92 Å². The Bertz CT molecular complexity index is 397. The lowest BCUT2D eigenvalue weighted by Gasteiger charge is -2.08. The van der Waals surface area contributed by atoms with E-state index in [4.69, 9.17) is 9.84 Å². The number of benzene rings is 1. The number of hydrogen-bond donors (Lipinski definition) is 1. The Morgan fingerprint density at radius 1 is 1.59 bits per heavy atom. The summed E-state index contributed by atoms with van der Waals surface area (Å²) in [6.07, 6.45) is 0. The quantitative estimate of drug-likeness (QED) is 0.481. The predicted octanol–water partition coefficient (Wildman–Crippen LogP) is 2.32. The monoisotopic (exact) mass is 257 g/mol. The van der Waals surface area contributed by atoms with Crippen molar-refractivity contribution in [2.45, 2.75) is 11.8 Å². The van der Waals surface area contributed by atoms with Crippen molar-refractivity contribution in [3.63, 3.8) is 0 Å². The van der Waals surface area contributed by atoms with Gasteiger partial charge in [0, 0.05) is 29.4 Å². The van der Waals surface area contributed by atoms with Gasteiger partial charge in [-0.05, 0) is 12.0 Å².